The van der Waals surface area contributed by atoms with Crippen LogP contribution in [0.5, 0.6) is 0 Å². The average Bonchev–Trinajstić information content (AvgIpc) is 3.10. The fourth-order valence-electron chi connectivity index (χ4n) is 2.88. The molecule has 8 nitrogen and oxygen atoms in total. The molecule has 4 N–H and O–H groups in total. The molecule has 1 aromatic heterocycles. The van der Waals surface area contributed by atoms with Crippen LogP contribution in [-0.2, 0) is 9.53 Å². The Morgan fingerprint density at radius 3 is 2.32 bits per heavy atom. The lowest BCUT2D eigenvalue weighted by atomic mass is 10.1. The van der Waals surface area contributed by atoms with E-state index in [0.717, 1.165) is 11.1 Å². The van der Waals surface area contributed by atoms with Crippen LogP contribution in [0.4, 0.5) is 16.2 Å². The molecule has 0 bridgehead atoms. The molecular weight excluding hydrogens is 396 g/mol. The number of aryl methyl sites for hydroxylation is 1. The topological polar surface area (TPSA) is 112 Å². The molecule has 0 saturated carbocycles. The molecule has 0 spiro atoms. The fourth-order valence-corrected chi connectivity index (χ4v) is 2.88. The molecular formula is C23H26N4O4. The molecule has 0 radical (unpaired) electrons. The van der Waals surface area contributed by atoms with Crippen molar-refractivity contribution in [1.29, 1.82) is 0 Å². The number of carbonyl (C=O) groups is 3. The van der Waals surface area contributed by atoms with Crippen LogP contribution in [0.1, 0.15) is 36.7 Å². The zero-order chi connectivity index (χ0) is 22.6. The van der Waals surface area contributed by atoms with E-state index in [1.807, 2.05) is 19.1 Å². The number of fused-ring (bicyclic) bond motifs is 1. The number of amides is 3. The van der Waals surface area contributed by atoms with E-state index in [2.05, 4.69) is 20.9 Å². The molecule has 0 unspecified atom stereocenters. The van der Waals surface area contributed by atoms with Gasteiger partial charge in [0, 0.05) is 28.5 Å². The summed E-state index contributed by atoms with van der Waals surface area (Å²) in [6.45, 7) is 7.14. The van der Waals surface area contributed by atoms with Crippen molar-refractivity contribution in [3.05, 3.63) is 59.8 Å². The van der Waals surface area contributed by atoms with Crippen molar-refractivity contribution in [1.82, 2.24) is 10.3 Å². The van der Waals surface area contributed by atoms with Crippen molar-refractivity contribution in [3.8, 4) is 0 Å². The molecule has 2 aromatic carbocycles. The Hall–Kier alpha value is -3.81. The smallest absolute Gasteiger partial charge is 0.340 e. The summed E-state index contributed by atoms with van der Waals surface area (Å²) >= 11 is 0. The van der Waals surface area contributed by atoms with E-state index in [4.69, 9.17) is 4.74 Å². The average molecular weight is 422 g/mol. The second kappa shape index (κ2) is 8.91. The van der Waals surface area contributed by atoms with Crippen LogP contribution in [0.2, 0.25) is 0 Å². The normalized spacial score (nSPS) is 11.1. The number of benzene rings is 2. The van der Waals surface area contributed by atoms with Crippen LogP contribution < -0.4 is 16.0 Å². The summed E-state index contributed by atoms with van der Waals surface area (Å²) < 4.78 is 5.43. The minimum absolute atomic E-state index is 0.207. The van der Waals surface area contributed by atoms with Gasteiger partial charge in [0.05, 0.1) is 12.1 Å². The summed E-state index contributed by atoms with van der Waals surface area (Å²) in [5.41, 5.74) is 2.74. The summed E-state index contributed by atoms with van der Waals surface area (Å²) in [5, 5.41) is 8.53. The van der Waals surface area contributed by atoms with E-state index >= 15 is 0 Å². The Labute approximate surface area is 180 Å². The highest BCUT2D eigenvalue weighted by Crippen LogP contribution is 2.24. The summed E-state index contributed by atoms with van der Waals surface area (Å²) in [5.74, 6) is -0.843. The lowest BCUT2D eigenvalue weighted by Gasteiger charge is -2.19. The highest BCUT2D eigenvalue weighted by molar-refractivity contribution is 6.06. The Morgan fingerprint density at radius 1 is 0.968 bits per heavy atom. The third-order valence-electron chi connectivity index (χ3n) is 4.30. The first-order valence-electron chi connectivity index (χ1n) is 9.86. The standard InChI is InChI=1S/C23H26N4O4/c1-14-5-7-15(8-6-14)27-22(30)25-13-20(28)26-16-9-10-19-17(11-16)18(12-24-19)21(29)31-23(2,3)4/h5-12,24H,13H2,1-4H3,(H,26,28)(H2,25,27,30). The van der Waals surface area contributed by atoms with Gasteiger partial charge in [-0.1, -0.05) is 17.7 Å². The number of anilines is 2. The molecule has 162 valence electrons. The Bertz CT molecular complexity index is 1110. The predicted molar refractivity (Wildman–Crippen MR) is 120 cm³/mol. The van der Waals surface area contributed by atoms with Crippen molar-refractivity contribution < 1.29 is 19.1 Å². The highest BCUT2D eigenvalue weighted by Gasteiger charge is 2.21. The number of aromatic nitrogens is 1. The molecule has 1 heterocycles. The molecule has 0 aliphatic rings. The number of hydrogen-bond donors (Lipinski definition) is 4. The second-order valence-corrected chi connectivity index (χ2v) is 8.19. The van der Waals surface area contributed by atoms with Crippen LogP contribution in [0.25, 0.3) is 10.9 Å². The van der Waals surface area contributed by atoms with Gasteiger partial charge in [-0.05, 0) is 58.0 Å². The minimum Gasteiger partial charge on any atom is -0.456 e. The molecule has 0 fully saturated rings. The van der Waals surface area contributed by atoms with E-state index in [1.54, 1.807) is 57.3 Å². The highest BCUT2D eigenvalue weighted by atomic mass is 16.6. The largest absolute Gasteiger partial charge is 0.456 e. The summed E-state index contributed by atoms with van der Waals surface area (Å²) in [6, 6.07) is 12.0. The third-order valence-corrected chi connectivity index (χ3v) is 4.30. The van der Waals surface area contributed by atoms with E-state index in [0.29, 0.717) is 22.3 Å². The van der Waals surface area contributed by atoms with E-state index in [-0.39, 0.29) is 6.54 Å². The van der Waals surface area contributed by atoms with Crippen molar-refractivity contribution in [3.63, 3.8) is 0 Å². The number of urea groups is 1. The summed E-state index contributed by atoms with van der Waals surface area (Å²) in [6.07, 6.45) is 1.58. The second-order valence-electron chi connectivity index (χ2n) is 8.19. The van der Waals surface area contributed by atoms with Crippen LogP contribution in [0.3, 0.4) is 0 Å². The first-order valence-corrected chi connectivity index (χ1v) is 9.86. The summed E-state index contributed by atoms with van der Waals surface area (Å²) in [4.78, 5) is 39.7. The Morgan fingerprint density at radius 2 is 1.65 bits per heavy atom. The number of aromatic amines is 1. The molecule has 3 amide bonds. The molecule has 0 saturated heterocycles. The van der Waals surface area contributed by atoms with Gasteiger partial charge in [-0.2, -0.15) is 0 Å². The molecule has 0 aliphatic heterocycles. The lowest BCUT2D eigenvalue weighted by molar-refractivity contribution is -0.115. The zero-order valence-corrected chi connectivity index (χ0v) is 18.0. The zero-order valence-electron chi connectivity index (χ0n) is 18.0. The first kappa shape index (κ1) is 21.9. The first-order chi connectivity index (χ1) is 14.6. The number of nitrogens with one attached hydrogen (secondary N) is 4. The molecule has 0 atom stereocenters. The Kier molecular flexibility index (Phi) is 6.29. The van der Waals surface area contributed by atoms with Gasteiger partial charge in [0.2, 0.25) is 5.91 Å². The van der Waals surface area contributed by atoms with Gasteiger partial charge in [0.1, 0.15) is 5.60 Å². The maximum atomic E-state index is 12.4. The van der Waals surface area contributed by atoms with Gasteiger partial charge in [-0.25, -0.2) is 9.59 Å². The molecule has 0 aliphatic carbocycles. The minimum atomic E-state index is -0.614. The van der Waals surface area contributed by atoms with E-state index < -0.39 is 23.5 Å². The van der Waals surface area contributed by atoms with Crippen LogP contribution >= 0.6 is 0 Å². The monoisotopic (exact) mass is 422 g/mol. The predicted octanol–water partition coefficient (Wildman–Crippen LogP) is 4.19. The van der Waals surface area contributed by atoms with Crippen molar-refractivity contribution in [2.24, 2.45) is 0 Å². The fraction of sp³-hybridized carbons (Fsp3) is 0.261. The maximum Gasteiger partial charge on any atom is 0.340 e. The molecule has 3 rings (SSSR count). The molecule has 31 heavy (non-hydrogen) atoms. The van der Waals surface area contributed by atoms with E-state index in [1.165, 1.54) is 0 Å². The Balaban J connectivity index is 1.60. The number of rotatable bonds is 5. The number of esters is 1. The SMILES string of the molecule is Cc1ccc(NC(=O)NCC(=O)Nc2ccc3[nH]cc(C(=O)OC(C)(C)C)c3c2)cc1. The van der Waals surface area contributed by atoms with Crippen LogP contribution in [-0.4, -0.2) is 35.0 Å². The maximum absolute atomic E-state index is 12.4. The van der Waals surface area contributed by atoms with Crippen molar-refractivity contribution in [2.45, 2.75) is 33.3 Å². The van der Waals surface area contributed by atoms with Gasteiger partial charge in [-0.15, -0.1) is 0 Å². The quantitative estimate of drug-likeness (QED) is 0.462. The van der Waals surface area contributed by atoms with Crippen LogP contribution in [0.15, 0.2) is 48.7 Å². The van der Waals surface area contributed by atoms with Crippen LogP contribution in [0, 0.1) is 6.92 Å². The van der Waals surface area contributed by atoms with Gasteiger partial charge in [0.25, 0.3) is 0 Å². The summed E-state index contributed by atoms with van der Waals surface area (Å²) in [7, 11) is 0. The number of hydrogen-bond acceptors (Lipinski definition) is 4. The van der Waals surface area contributed by atoms with E-state index in [9.17, 15) is 14.4 Å². The molecule has 8 heteroatoms. The van der Waals surface area contributed by atoms with Gasteiger partial charge in [-0.3, -0.25) is 4.79 Å². The van der Waals surface area contributed by atoms with Gasteiger partial charge < -0.3 is 25.7 Å². The number of ether oxygens (including phenoxy) is 1. The molecule has 3 aromatic rings. The van der Waals surface area contributed by atoms with Gasteiger partial charge >= 0.3 is 12.0 Å². The van der Waals surface area contributed by atoms with Crippen molar-refractivity contribution in [2.75, 3.05) is 17.2 Å². The third kappa shape index (κ3) is 6.08. The van der Waals surface area contributed by atoms with Gasteiger partial charge in [0.15, 0.2) is 0 Å². The van der Waals surface area contributed by atoms with Crippen molar-refractivity contribution >= 4 is 40.2 Å². The number of H-pyrrole nitrogens is 1. The lowest BCUT2D eigenvalue weighted by Crippen LogP contribution is -2.35. The number of carbonyl (C=O) groups excluding carboxylic acids is 3.